The number of allylic oxidation sites excluding steroid dienone is 6. The Bertz CT molecular complexity index is 368. The first-order valence-corrected chi connectivity index (χ1v) is 4.88. The molecule has 0 bridgehead atoms. The van der Waals surface area contributed by atoms with Gasteiger partial charge in [-0.25, -0.2) is 0 Å². The van der Waals surface area contributed by atoms with Gasteiger partial charge in [0, 0.05) is 11.3 Å². The molecule has 0 saturated heterocycles. The summed E-state index contributed by atoms with van der Waals surface area (Å²) < 4.78 is 0. The number of rotatable bonds is 4. The normalized spacial score (nSPS) is 13.4. The molecule has 0 aliphatic heterocycles. The van der Waals surface area contributed by atoms with Crippen LogP contribution in [0.4, 0.5) is 0 Å². The molecule has 0 unspecified atom stereocenters. The molecule has 80 valence electrons. The SMILES string of the molecule is C=C=C/C(=C/C(=C\C)C(/C)=C/C)C(=C)N. The van der Waals surface area contributed by atoms with Crippen LogP contribution in [0.2, 0.25) is 0 Å². The maximum Gasteiger partial charge on any atom is 0.0321 e. The molecule has 0 aromatic rings. The van der Waals surface area contributed by atoms with Crippen molar-refractivity contribution in [3.8, 4) is 0 Å². The molecule has 0 amide bonds. The molecular weight excluding hydrogens is 182 g/mol. The molecule has 0 aromatic carbocycles. The Kier molecular flexibility index (Phi) is 5.92. The van der Waals surface area contributed by atoms with E-state index in [-0.39, 0.29) is 0 Å². The fourth-order valence-corrected chi connectivity index (χ4v) is 1.10. The Morgan fingerprint density at radius 3 is 2.13 bits per heavy atom. The van der Waals surface area contributed by atoms with Crippen LogP contribution in [-0.4, -0.2) is 0 Å². The summed E-state index contributed by atoms with van der Waals surface area (Å²) in [6, 6.07) is 0. The number of nitrogens with two attached hydrogens (primary N) is 1. The Balaban J connectivity index is 5.30. The van der Waals surface area contributed by atoms with E-state index in [1.165, 1.54) is 5.57 Å². The van der Waals surface area contributed by atoms with Gasteiger partial charge in [-0.1, -0.05) is 25.3 Å². The summed E-state index contributed by atoms with van der Waals surface area (Å²) in [6.07, 6.45) is 7.81. The van der Waals surface area contributed by atoms with Gasteiger partial charge in [0.05, 0.1) is 0 Å². The molecule has 0 radical (unpaired) electrons. The Morgan fingerprint density at radius 1 is 1.20 bits per heavy atom. The summed E-state index contributed by atoms with van der Waals surface area (Å²) in [7, 11) is 0. The van der Waals surface area contributed by atoms with E-state index in [9.17, 15) is 0 Å². The first-order valence-electron chi connectivity index (χ1n) is 4.88. The topological polar surface area (TPSA) is 26.0 Å². The zero-order chi connectivity index (χ0) is 11.8. The fraction of sp³-hybridized carbons (Fsp3) is 0.214. The third-order valence-corrected chi connectivity index (χ3v) is 2.14. The molecule has 0 heterocycles. The minimum Gasteiger partial charge on any atom is -0.399 e. The lowest BCUT2D eigenvalue weighted by molar-refractivity contribution is 1.33. The molecule has 0 fully saturated rings. The summed E-state index contributed by atoms with van der Waals surface area (Å²) in [4.78, 5) is 0. The van der Waals surface area contributed by atoms with Crippen LogP contribution in [-0.2, 0) is 0 Å². The van der Waals surface area contributed by atoms with Crippen molar-refractivity contribution in [2.75, 3.05) is 0 Å². The second-order valence-electron chi connectivity index (χ2n) is 3.19. The van der Waals surface area contributed by atoms with E-state index in [0.717, 1.165) is 11.1 Å². The van der Waals surface area contributed by atoms with Crippen LogP contribution in [0.3, 0.4) is 0 Å². The lowest BCUT2D eigenvalue weighted by atomic mass is 10.0. The highest BCUT2D eigenvalue weighted by molar-refractivity contribution is 5.47. The van der Waals surface area contributed by atoms with Crippen molar-refractivity contribution >= 4 is 0 Å². The van der Waals surface area contributed by atoms with Crippen molar-refractivity contribution in [1.29, 1.82) is 0 Å². The first kappa shape index (κ1) is 13.3. The van der Waals surface area contributed by atoms with Gasteiger partial charge in [-0.2, -0.15) is 0 Å². The van der Waals surface area contributed by atoms with E-state index in [0.29, 0.717) is 5.70 Å². The van der Waals surface area contributed by atoms with Gasteiger partial charge in [-0.3, -0.25) is 0 Å². The minimum absolute atomic E-state index is 0.523. The average Bonchev–Trinajstić information content (AvgIpc) is 2.22. The fourth-order valence-electron chi connectivity index (χ4n) is 1.10. The van der Waals surface area contributed by atoms with Crippen molar-refractivity contribution in [3.05, 3.63) is 65.6 Å². The predicted molar refractivity (Wildman–Crippen MR) is 68.3 cm³/mol. The molecule has 1 nitrogen and oxygen atoms in total. The predicted octanol–water partition coefficient (Wildman–Crippen LogP) is 3.64. The second kappa shape index (κ2) is 6.69. The largest absolute Gasteiger partial charge is 0.399 e. The van der Waals surface area contributed by atoms with Crippen LogP contribution in [0.5, 0.6) is 0 Å². The molecule has 0 aliphatic carbocycles. The number of hydrogen-bond donors (Lipinski definition) is 1. The maximum atomic E-state index is 5.66. The van der Waals surface area contributed by atoms with Crippen LogP contribution in [0.15, 0.2) is 65.6 Å². The molecule has 1 heteroatoms. The van der Waals surface area contributed by atoms with Crippen molar-refractivity contribution in [3.63, 3.8) is 0 Å². The molecule has 0 atom stereocenters. The Labute approximate surface area is 92.7 Å². The van der Waals surface area contributed by atoms with Gasteiger partial charge in [0.1, 0.15) is 0 Å². The van der Waals surface area contributed by atoms with Crippen LogP contribution in [0.25, 0.3) is 0 Å². The van der Waals surface area contributed by atoms with Crippen molar-refractivity contribution in [2.24, 2.45) is 5.73 Å². The highest BCUT2D eigenvalue weighted by Crippen LogP contribution is 2.15. The van der Waals surface area contributed by atoms with Crippen molar-refractivity contribution < 1.29 is 0 Å². The van der Waals surface area contributed by atoms with Crippen LogP contribution in [0.1, 0.15) is 20.8 Å². The zero-order valence-electron chi connectivity index (χ0n) is 9.80. The third-order valence-electron chi connectivity index (χ3n) is 2.14. The first-order chi connectivity index (χ1) is 7.06. The van der Waals surface area contributed by atoms with E-state index in [1.807, 2.05) is 26.0 Å². The van der Waals surface area contributed by atoms with E-state index in [2.05, 4.69) is 31.9 Å². The standard InChI is InChI=1S/C14H19N/c1-6-9-14(12(5)15)10-13(8-3)11(4)7-2/h7-10H,1,5,15H2,2-4H3/b11-7+,13-8+,14-10-. The quantitative estimate of drug-likeness (QED) is 0.545. The van der Waals surface area contributed by atoms with E-state index in [4.69, 9.17) is 5.73 Å². The van der Waals surface area contributed by atoms with Crippen LogP contribution < -0.4 is 5.73 Å². The van der Waals surface area contributed by atoms with Crippen LogP contribution >= 0.6 is 0 Å². The minimum atomic E-state index is 0.523. The Morgan fingerprint density at radius 2 is 1.80 bits per heavy atom. The van der Waals surface area contributed by atoms with Gasteiger partial charge in [-0.05, 0) is 44.1 Å². The smallest absolute Gasteiger partial charge is 0.0321 e. The van der Waals surface area contributed by atoms with Crippen molar-refractivity contribution in [2.45, 2.75) is 20.8 Å². The molecular formula is C14H19N. The van der Waals surface area contributed by atoms with Crippen molar-refractivity contribution in [1.82, 2.24) is 0 Å². The van der Waals surface area contributed by atoms with Gasteiger partial charge in [0.2, 0.25) is 0 Å². The van der Waals surface area contributed by atoms with E-state index >= 15 is 0 Å². The van der Waals surface area contributed by atoms with E-state index in [1.54, 1.807) is 6.08 Å². The van der Waals surface area contributed by atoms with Gasteiger partial charge in [0.15, 0.2) is 0 Å². The molecule has 2 N–H and O–H groups in total. The highest BCUT2D eigenvalue weighted by Gasteiger charge is 1.98. The average molecular weight is 201 g/mol. The zero-order valence-corrected chi connectivity index (χ0v) is 9.80. The van der Waals surface area contributed by atoms with Gasteiger partial charge in [0.25, 0.3) is 0 Å². The lowest BCUT2D eigenvalue weighted by Crippen LogP contribution is -1.97. The third kappa shape index (κ3) is 4.35. The van der Waals surface area contributed by atoms with Crippen LogP contribution in [0, 0.1) is 0 Å². The van der Waals surface area contributed by atoms with Gasteiger partial charge < -0.3 is 5.73 Å². The van der Waals surface area contributed by atoms with Gasteiger partial charge >= 0.3 is 0 Å². The maximum absolute atomic E-state index is 5.66. The summed E-state index contributed by atoms with van der Waals surface area (Å²) in [6.45, 7) is 13.3. The van der Waals surface area contributed by atoms with Gasteiger partial charge in [-0.15, -0.1) is 5.73 Å². The summed E-state index contributed by atoms with van der Waals surface area (Å²) in [5, 5.41) is 0. The molecule has 0 saturated carbocycles. The second-order valence-corrected chi connectivity index (χ2v) is 3.19. The molecule has 0 aromatic heterocycles. The summed E-state index contributed by atoms with van der Waals surface area (Å²) in [5.41, 5.74) is 12.1. The molecule has 0 rings (SSSR count). The molecule has 0 spiro atoms. The lowest BCUT2D eigenvalue weighted by Gasteiger charge is -2.04. The highest BCUT2D eigenvalue weighted by atomic mass is 14.6. The molecule has 0 aliphatic rings. The monoisotopic (exact) mass is 201 g/mol. The summed E-state index contributed by atoms with van der Waals surface area (Å²) in [5.74, 6) is 0. The molecule has 15 heavy (non-hydrogen) atoms. The Hall–Kier alpha value is -1.72. The summed E-state index contributed by atoms with van der Waals surface area (Å²) >= 11 is 0. The number of hydrogen-bond acceptors (Lipinski definition) is 1. The van der Waals surface area contributed by atoms with E-state index < -0.39 is 0 Å².